The molecule has 0 N–H and O–H groups in total. The van der Waals surface area contributed by atoms with E-state index in [4.69, 9.17) is 4.74 Å². The van der Waals surface area contributed by atoms with Gasteiger partial charge in [-0.05, 0) is 52.4 Å². The lowest BCUT2D eigenvalue weighted by Crippen LogP contribution is -2.33. The fourth-order valence-electron chi connectivity index (χ4n) is 2.61. The van der Waals surface area contributed by atoms with Crippen molar-refractivity contribution in [2.24, 2.45) is 22.7 Å². The van der Waals surface area contributed by atoms with Gasteiger partial charge in [-0.25, -0.2) is 0 Å². The first-order valence-corrected chi connectivity index (χ1v) is 7.73. The van der Waals surface area contributed by atoms with Crippen LogP contribution >= 0.6 is 0 Å². The summed E-state index contributed by atoms with van der Waals surface area (Å²) in [5, 5.41) is 0. The van der Waals surface area contributed by atoms with Gasteiger partial charge in [-0.3, -0.25) is 9.59 Å². The average molecular weight is 282 g/mol. The maximum absolute atomic E-state index is 12.2. The maximum atomic E-state index is 12.2. The fourth-order valence-corrected chi connectivity index (χ4v) is 2.61. The molecule has 0 aliphatic heterocycles. The molecule has 0 unspecified atom stereocenters. The lowest BCUT2D eigenvalue weighted by molar-refractivity contribution is -0.155. The van der Waals surface area contributed by atoms with Gasteiger partial charge in [-0.15, -0.1) is 0 Å². The van der Waals surface area contributed by atoms with Crippen LogP contribution in [0.25, 0.3) is 0 Å². The third kappa shape index (κ3) is 4.92. The second-order valence-electron chi connectivity index (χ2n) is 8.18. The largest absolute Gasteiger partial charge is 0.465 e. The van der Waals surface area contributed by atoms with Gasteiger partial charge in [0.2, 0.25) is 0 Å². The van der Waals surface area contributed by atoms with Gasteiger partial charge in [0.25, 0.3) is 0 Å². The molecular formula is C17H30O3. The van der Waals surface area contributed by atoms with E-state index in [2.05, 4.69) is 0 Å². The number of rotatable bonds is 3. The Bertz CT molecular complexity index is 349. The monoisotopic (exact) mass is 282 g/mol. The van der Waals surface area contributed by atoms with E-state index in [9.17, 15) is 9.59 Å². The van der Waals surface area contributed by atoms with Crippen LogP contribution in [0.4, 0.5) is 0 Å². The zero-order valence-corrected chi connectivity index (χ0v) is 13.9. The van der Waals surface area contributed by atoms with E-state index in [1.807, 2.05) is 41.5 Å². The van der Waals surface area contributed by atoms with Crippen molar-refractivity contribution >= 4 is 11.8 Å². The highest BCUT2D eigenvalue weighted by Crippen LogP contribution is 2.34. The molecule has 1 saturated carbocycles. The van der Waals surface area contributed by atoms with Crippen molar-refractivity contribution in [3.05, 3.63) is 0 Å². The van der Waals surface area contributed by atoms with Crippen molar-refractivity contribution in [3.8, 4) is 0 Å². The second-order valence-corrected chi connectivity index (χ2v) is 8.18. The van der Waals surface area contributed by atoms with Gasteiger partial charge in [0.1, 0.15) is 5.78 Å². The number of hydrogen-bond acceptors (Lipinski definition) is 3. The van der Waals surface area contributed by atoms with Gasteiger partial charge in [0.15, 0.2) is 0 Å². The minimum atomic E-state index is -0.431. The van der Waals surface area contributed by atoms with E-state index < -0.39 is 5.41 Å². The summed E-state index contributed by atoms with van der Waals surface area (Å²) in [6.45, 7) is 12.1. The smallest absolute Gasteiger partial charge is 0.311 e. The molecule has 0 amide bonds. The predicted octanol–water partition coefficient (Wildman–Crippen LogP) is 4.00. The number of carbonyl (C=O) groups is 2. The summed E-state index contributed by atoms with van der Waals surface area (Å²) in [7, 11) is 0. The molecule has 1 aliphatic carbocycles. The molecule has 0 radical (unpaired) electrons. The topological polar surface area (TPSA) is 43.4 Å². The van der Waals surface area contributed by atoms with Gasteiger partial charge in [0, 0.05) is 11.3 Å². The zero-order chi connectivity index (χ0) is 15.6. The number of carbonyl (C=O) groups excluding carboxylic acids is 2. The Morgan fingerprint density at radius 1 is 0.900 bits per heavy atom. The van der Waals surface area contributed by atoms with E-state index >= 15 is 0 Å². The Balaban J connectivity index is 2.37. The average Bonchev–Trinajstić information content (AvgIpc) is 2.33. The lowest BCUT2D eigenvalue weighted by atomic mass is 9.74. The van der Waals surface area contributed by atoms with Crippen LogP contribution in [0.2, 0.25) is 0 Å². The van der Waals surface area contributed by atoms with E-state index in [0.29, 0.717) is 18.3 Å². The van der Waals surface area contributed by atoms with Crippen LogP contribution in [-0.2, 0) is 14.3 Å². The summed E-state index contributed by atoms with van der Waals surface area (Å²) in [6.07, 6.45) is 3.86. The molecule has 0 aromatic carbocycles. The van der Waals surface area contributed by atoms with E-state index in [0.717, 1.165) is 25.7 Å². The van der Waals surface area contributed by atoms with Crippen molar-refractivity contribution < 1.29 is 14.3 Å². The normalized spacial score (nSPS) is 24.3. The van der Waals surface area contributed by atoms with Crippen LogP contribution in [-0.4, -0.2) is 18.4 Å². The van der Waals surface area contributed by atoms with E-state index in [1.54, 1.807) is 0 Å². The summed E-state index contributed by atoms with van der Waals surface area (Å²) >= 11 is 0. The Hall–Kier alpha value is -0.860. The Kier molecular flexibility index (Phi) is 5.39. The first kappa shape index (κ1) is 17.2. The summed E-state index contributed by atoms with van der Waals surface area (Å²) < 4.78 is 5.39. The number of ketones is 1. The van der Waals surface area contributed by atoms with Crippen LogP contribution in [0, 0.1) is 22.7 Å². The molecule has 0 heterocycles. The summed E-state index contributed by atoms with van der Waals surface area (Å²) in [5.41, 5.74) is -0.671. The van der Waals surface area contributed by atoms with Gasteiger partial charge < -0.3 is 4.74 Å². The molecule has 1 aliphatic rings. The molecule has 3 heteroatoms. The molecule has 1 rings (SSSR count). The van der Waals surface area contributed by atoms with Crippen molar-refractivity contribution in [3.63, 3.8) is 0 Å². The summed E-state index contributed by atoms with van der Waals surface area (Å²) in [4.78, 5) is 24.0. The van der Waals surface area contributed by atoms with Gasteiger partial charge in [0.05, 0.1) is 12.0 Å². The number of Topliss-reactive ketones (excluding diaryl/α,β-unsaturated/α-hetero) is 1. The van der Waals surface area contributed by atoms with Gasteiger partial charge >= 0.3 is 5.97 Å². The molecule has 1 fully saturated rings. The highest BCUT2D eigenvalue weighted by molar-refractivity contribution is 5.86. The lowest BCUT2D eigenvalue weighted by Gasteiger charge is -2.31. The third-order valence-electron chi connectivity index (χ3n) is 4.02. The second kappa shape index (κ2) is 6.28. The van der Waals surface area contributed by atoms with Crippen molar-refractivity contribution in [2.75, 3.05) is 6.61 Å². The fraction of sp³-hybridized carbons (Fsp3) is 0.882. The highest BCUT2D eigenvalue weighted by Gasteiger charge is 2.33. The molecule has 0 saturated heterocycles. The summed E-state index contributed by atoms with van der Waals surface area (Å²) in [6, 6.07) is 0. The molecule has 116 valence electrons. The SMILES string of the molecule is CC(C)(C)C(=O)OCC1CCC(C(=O)C(C)(C)C)CC1. The number of hydrogen-bond donors (Lipinski definition) is 0. The van der Waals surface area contributed by atoms with Crippen molar-refractivity contribution in [2.45, 2.75) is 67.2 Å². The molecule has 3 nitrogen and oxygen atoms in total. The van der Waals surface area contributed by atoms with Crippen LogP contribution in [0.1, 0.15) is 67.2 Å². The highest BCUT2D eigenvalue weighted by atomic mass is 16.5. The first-order valence-electron chi connectivity index (χ1n) is 7.73. The Morgan fingerprint density at radius 3 is 1.80 bits per heavy atom. The van der Waals surface area contributed by atoms with E-state index in [-0.39, 0.29) is 17.3 Å². The number of ether oxygens (including phenoxy) is 1. The van der Waals surface area contributed by atoms with Gasteiger partial charge in [-0.2, -0.15) is 0 Å². The van der Waals surface area contributed by atoms with Crippen LogP contribution in [0.15, 0.2) is 0 Å². The van der Waals surface area contributed by atoms with Crippen LogP contribution < -0.4 is 0 Å². The maximum Gasteiger partial charge on any atom is 0.311 e. The summed E-state index contributed by atoms with van der Waals surface area (Å²) in [5.74, 6) is 0.864. The predicted molar refractivity (Wildman–Crippen MR) is 80.3 cm³/mol. The molecular weight excluding hydrogens is 252 g/mol. The quantitative estimate of drug-likeness (QED) is 0.735. The minimum absolute atomic E-state index is 0.134. The first-order chi connectivity index (χ1) is 9.01. The van der Waals surface area contributed by atoms with E-state index in [1.165, 1.54) is 0 Å². The van der Waals surface area contributed by atoms with Crippen molar-refractivity contribution in [1.82, 2.24) is 0 Å². The molecule has 0 aromatic rings. The molecule has 0 atom stereocenters. The molecule has 0 aromatic heterocycles. The molecule has 20 heavy (non-hydrogen) atoms. The Morgan fingerprint density at radius 2 is 1.40 bits per heavy atom. The minimum Gasteiger partial charge on any atom is -0.465 e. The Labute approximate surface area is 123 Å². The standard InChI is InChI=1S/C17H30O3/c1-16(2,3)14(18)13-9-7-12(8-10-13)11-20-15(19)17(4,5)6/h12-13H,7-11H2,1-6H3. The third-order valence-corrected chi connectivity index (χ3v) is 4.02. The molecule has 0 spiro atoms. The zero-order valence-electron chi connectivity index (χ0n) is 13.9. The van der Waals surface area contributed by atoms with Crippen LogP contribution in [0.3, 0.4) is 0 Å². The van der Waals surface area contributed by atoms with Gasteiger partial charge in [-0.1, -0.05) is 20.8 Å². The van der Waals surface area contributed by atoms with Crippen LogP contribution in [0.5, 0.6) is 0 Å². The molecule has 0 bridgehead atoms. The number of esters is 1. The van der Waals surface area contributed by atoms with Crippen molar-refractivity contribution in [1.29, 1.82) is 0 Å².